The van der Waals surface area contributed by atoms with Gasteiger partial charge in [0.05, 0.1) is 0 Å². The second-order valence-corrected chi connectivity index (χ2v) is 4.91. The van der Waals surface area contributed by atoms with E-state index in [0.29, 0.717) is 24.1 Å². The molecular formula is C13H16N4O. The maximum absolute atomic E-state index is 6.05. The van der Waals surface area contributed by atoms with E-state index in [1.165, 1.54) is 12.8 Å². The number of hydrogen-bond donors (Lipinski definition) is 1. The lowest BCUT2D eigenvalue weighted by Crippen LogP contribution is -2.25. The Morgan fingerprint density at radius 3 is 3.06 bits per heavy atom. The Bertz CT molecular complexity index is 547. The van der Waals surface area contributed by atoms with Crippen LogP contribution in [0.4, 0.5) is 0 Å². The number of pyridine rings is 1. The minimum absolute atomic E-state index is 0.147. The summed E-state index contributed by atoms with van der Waals surface area (Å²) in [4.78, 5) is 8.48. The fourth-order valence-electron chi connectivity index (χ4n) is 2.04. The molecule has 2 aromatic rings. The van der Waals surface area contributed by atoms with Crippen molar-refractivity contribution in [3.8, 4) is 11.4 Å². The van der Waals surface area contributed by atoms with Crippen LogP contribution in [0.5, 0.6) is 0 Å². The first-order chi connectivity index (χ1) is 8.74. The van der Waals surface area contributed by atoms with Crippen molar-refractivity contribution in [1.82, 2.24) is 15.1 Å². The fourth-order valence-corrected chi connectivity index (χ4v) is 2.04. The average molecular weight is 244 g/mol. The van der Waals surface area contributed by atoms with Crippen LogP contribution in [-0.4, -0.2) is 21.2 Å². The SMILES string of the molecule is Cc1ccncc1-c1noc(CC(N)C2CC2)n1. The smallest absolute Gasteiger partial charge is 0.228 e. The molecule has 94 valence electrons. The van der Waals surface area contributed by atoms with Crippen molar-refractivity contribution in [2.45, 2.75) is 32.2 Å². The molecule has 3 rings (SSSR count). The van der Waals surface area contributed by atoms with Crippen molar-refractivity contribution >= 4 is 0 Å². The van der Waals surface area contributed by atoms with E-state index in [0.717, 1.165) is 11.1 Å². The summed E-state index contributed by atoms with van der Waals surface area (Å²) in [6.07, 6.45) is 6.62. The summed E-state index contributed by atoms with van der Waals surface area (Å²) in [5, 5.41) is 4.00. The Morgan fingerprint density at radius 2 is 2.33 bits per heavy atom. The molecule has 0 spiro atoms. The fraction of sp³-hybridized carbons (Fsp3) is 0.462. The van der Waals surface area contributed by atoms with Crippen molar-refractivity contribution < 1.29 is 4.52 Å². The van der Waals surface area contributed by atoms with Gasteiger partial charge in [0.1, 0.15) is 0 Å². The highest BCUT2D eigenvalue weighted by Gasteiger charge is 2.29. The summed E-state index contributed by atoms with van der Waals surface area (Å²) in [5.74, 6) is 1.85. The van der Waals surface area contributed by atoms with Crippen LogP contribution in [0.15, 0.2) is 23.0 Å². The van der Waals surface area contributed by atoms with Crippen LogP contribution in [0.2, 0.25) is 0 Å². The van der Waals surface area contributed by atoms with Gasteiger partial charge in [-0.2, -0.15) is 4.98 Å². The van der Waals surface area contributed by atoms with E-state index < -0.39 is 0 Å². The van der Waals surface area contributed by atoms with Gasteiger partial charge in [-0.3, -0.25) is 4.98 Å². The number of aromatic nitrogens is 3. The van der Waals surface area contributed by atoms with E-state index in [4.69, 9.17) is 10.3 Å². The maximum atomic E-state index is 6.05. The third kappa shape index (κ3) is 2.26. The minimum Gasteiger partial charge on any atom is -0.339 e. The summed E-state index contributed by atoms with van der Waals surface area (Å²) >= 11 is 0. The average Bonchev–Trinajstić information content (AvgIpc) is 3.12. The van der Waals surface area contributed by atoms with Crippen molar-refractivity contribution in [2.75, 3.05) is 0 Å². The van der Waals surface area contributed by atoms with Crippen LogP contribution in [0.25, 0.3) is 11.4 Å². The number of rotatable bonds is 4. The van der Waals surface area contributed by atoms with Crippen molar-refractivity contribution in [2.24, 2.45) is 11.7 Å². The second-order valence-electron chi connectivity index (χ2n) is 4.91. The number of nitrogens with zero attached hydrogens (tertiary/aromatic N) is 3. The zero-order valence-electron chi connectivity index (χ0n) is 10.3. The number of hydrogen-bond acceptors (Lipinski definition) is 5. The van der Waals surface area contributed by atoms with Gasteiger partial charge in [0.2, 0.25) is 11.7 Å². The van der Waals surface area contributed by atoms with E-state index in [1.54, 1.807) is 12.4 Å². The molecule has 2 aromatic heterocycles. The molecule has 2 N–H and O–H groups in total. The molecule has 1 fully saturated rings. The van der Waals surface area contributed by atoms with Gasteiger partial charge >= 0.3 is 0 Å². The summed E-state index contributed by atoms with van der Waals surface area (Å²) in [7, 11) is 0. The lowest BCUT2D eigenvalue weighted by atomic mass is 10.1. The standard InChI is InChI=1S/C13H16N4O/c1-8-4-5-15-7-10(8)13-16-12(18-17-13)6-11(14)9-2-3-9/h4-5,7,9,11H,2-3,6,14H2,1H3. The van der Waals surface area contributed by atoms with Crippen LogP contribution in [0, 0.1) is 12.8 Å². The molecule has 18 heavy (non-hydrogen) atoms. The van der Waals surface area contributed by atoms with E-state index >= 15 is 0 Å². The summed E-state index contributed by atoms with van der Waals surface area (Å²) in [6, 6.07) is 2.08. The van der Waals surface area contributed by atoms with Gasteiger partial charge in [0.25, 0.3) is 0 Å². The number of nitrogens with two attached hydrogens (primary N) is 1. The first-order valence-electron chi connectivity index (χ1n) is 6.23. The molecule has 5 heteroatoms. The topological polar surface area (TPSA) is 77.8 Å². The number of aryl methyl sites for hydroxylation is 1. The van der Waals surface area contributed by atoms with Crippen LogP contribution < -0.4 is 5.73 Å². The highest BCUT2D eigenvalue weighted by Crippen LogP contribution is 2.32. The van der Waals surface area contributed by atoms with Crippen molar-refractivity contribution in [3.63, 3.8) is 0 Å². The normalized spacial score (nSPS) is 16.8. The molecule has 2 heterocycles. The largest absolute Gasteiger partial charge is 0.339 e. The van der Waals surface area contributed by atoms with E-state index in [-0.39, 0.29) is 6.04 Å². The summed E-state index contributed by atoms with van der Waals surface area (Å²) < 4.78 is 5.25. The van der Waals surface area contributed by atoms with Gasteiger partial charge in [0.15, 0.2) is 0 Å². The summed E-state index contributed by atoms with van der Waals surface area (Å²) in [5.41, 5.74) is 8.05. The Morgan fingerprint density at radius 1 is 1.50 bits per heavy atom. The van der Waals surface area contributed by atoms with E-state index in [2.05, 4.69) is 15.1 Å². The van der Waals surface area contributed by atoms with Crippen LogP contribution in [0.3, 0.4) is 0 Å². The Hall–Kier alpha value is -1.75. The zero-order valence-corrected chi connectivity index (χ0v) is 10.3. The molecular weight excluding hydrogens is 228 g/mol. The first-order valence-corrected chi connectivity index (χ1v) is 6.23. The quantitative estimate of drug-likeness (QED) is 0.886. The Kier molecular flexibility index (Phi) is 2.83. The molecule has 1 atom stereocenters. The molecule has 0 aliphatic heterocycles. The van der Waals surface area contributed by atoms with Gasteiger partial charge in [-0.15, -0.1) is 0 Å². The van der Waals surface area contributed by atoms with E-state index in [9.17, 15) is 0 Å². The molecule has 1 unspecified atom stereocenters. The highest BCUT2D eigenvalue weighted by atomic mass is 16.5. The van der Waals surface area contributed by atoms with Crippen molar-refractivity contribution in [3.05, 3.63) is 29.9 Å². The van der Waals surface area contributed by atoms with Gasteiger partial charge in [0, 0.05) is 30.4 Å². The summed E-state index contributed by atoms with van der Waals surface area (Å²) in [6.45, 7) is 2.00. The van der Waals surface area contributed by atoms with Crippen LogP contribution in [0.1, 0.15) is 24.3 Å². The maximum Gasteiger partial charge on any atom is 0.228 e. The second kappa shape index (κ2) is 4.49. The molecule has 0 aromatic carbocycles. The minimum atomic E-state index is 0.147. The Labute approximate surface area is 105 Å². The monoisotopic (exact) mass is 244 g/mol. The van der Waals surface area contributed by atoms with Crippen LogP contribution >= 0.6 is 0 Å². The Balaban J connectivity index is 1.78. The van der Waals surface area contributed by atoms with Gasteiger partial charge in [-0.25, -0.2) is 0 Å². The van der Waals surface area contributed by atoms with Crippen molar-refractivity contribution in [1.29, 1.82) is 0 Å². The highest BCUT2D eigenvalue weighted by molar-refractivity contribution is 5.57. The molecule has 0 radical (unpaired) electrons. The van der Waals surface area contributed by atoms with Gasteiger partial charge in [-0.1, -0.05) is 5.16 Å². The lowest BCUT2D eigenvalue weighted by Gasteiger charge is -2.04. The van der Waals surface area contributed by atoms with Gasteiger partial charge < -0.3 is 10.3 Å². The molecule has 5 nitrogen and oxygen atoms in total. The first kappa shape index (κ1) is 11.3. The predicted octanol–water partition coefficient (Wildman–Crippen LogP) is 1.72. The third-order valence-corrected chi connectivity index (χ3v) is 3.39. The molecule has 1 aliphatic carbocycles. The molecule has 1 saturated carbocycles. The lowest BCUT2D eigenvalue weighted by molar-refractivity contribution is 0.364. The molecule has 0 bridgehead atoms. The predicted molar refractivity (Wildman–Crippen MR) is 66.7 cm³/mol. The molecule has 1 aliphatic rings. The zero-order chi connectivity index (χ0) is 12.5. The molecule has 0 saturated heterocycles. The molecule has 0 amide bonds. The third-order valence-electron chi connectivity index (χ3n) is 3.39. The van der Waals surface area contributed by atoms with Crippen LogP contribution in [-0.2, 0) is 6.42 Å². The van der Waals surface area contributed by atoms with Gasteiger partial charge in [-0.05, 0) is 37.3 Å². The van der Waals surface area contributed by atoms with E-state index in [1.807, 2.05) is 13.0 Å².